The molecule has 1 aliphatic rings. The van der Waals surface area contributed by atoms with Crippen LogP contribution in [-0.2, 0) is 6.42 Å². The number of benzene rings is 1. The molecule has 1 fully saturated rings. The van der Waals surface area contributed by atoms with Gasteiger partial charge in [0.05, 0.1) is 12.7 Å². The van der Waals surface area contributed by atoms with Crippen LogP contribution in [0.25, 0.3) is 0 Å². The molecule has 0 aromatic heterocycles. The van der Waals surface area contributed by atoms with Gasteiger partial charge in [-0.25, -0.2) is 0 Å². The monoisotopic (exact) mass is 220 g/mol. The summed E-state index contributed by atoms with van der Waals surface area (Å²) < 4.78 is 5.30. The SMILES string of the molecule is COc1ccccc1CC(C)(O)CC1CC1. The van der Waals surface area contributed by atoms with Crippen LogP contribution in [0, 0.1) is 5.92 Å². The van der Waals surface area contributed by atoms with Crippen LogP contribution >= 0.6 is 0 Å². The second-order valence-electron chi connectivity index (χ2n) is 5.13. The van der Waals surface area contributed by atoms with Crippen LogP contribution in [0.4, 0.5) is 0 Å². The molecule has 88 valence electrons. The van der Waals surface area contributed by atoms with Gasteiger partial charge in [0.15, 0.2) is 0 Å². The quantitative estimate of drug-likeness (QED) is 0.826. The Morgan fingerprint density at radius 2 is 2.06 bits per heavy atom. The van der Waals surface area contributed by atoms with Crippen molar-refractivity contribution in [3.8, 4) is 5.75 Å². The second kappa shape index (κ2) is 4.46. The van der Waals surface area contributed by atoms with Crippen LogP contribution in [0.15, 0.2) is 24.3 Å². The second-order valence-corrected chi connectivity index (χ2v) is 5.13. The maximum absolute atomic E-state index is 10.3. The topological polar surface area (TPSA) is 29.5 Å². The first-order valence-electron chi connectivity index (χ1n) is 5.95. The van der Waals surface area contributed by atoms with Gasteiger partial charge in [0.1, 0.15) is 5.75 Å². The van der Waals surface area contributed by atoms with E-state index >= 15 is 0 Å². The van der Waals surface area contributed by atoms with Crippen molar-refractivity contribution >= 4 is 0 Å². The molecule has 0 amide bonds. The molecule has 2 heteroatoms. The molecule has 1 aromatic rings. The van der Waals surface area contributed by atoms with Crippen molar-refractivity contribution < 1.29 is 9.84 Å². The van der Waals surface area contributed by atoms with Gasteiger partial charge in [-0.1, -0.05) is 31.0 Å². The summed E-state index contributed by atoms with van der Waals surface area (Å²) in [5, 5.41) is 10.3. The molecule has 1 unspecified atom stereocenters. The number of ether oxygens (including phenoxy) is 1. The minimum absolute atomic E-state index is 0.601. The third-order valence-electron chi connectivity index (χ3n) is 3.19. The third-order valence-corrected chi connectivity index (χ3v) is 3.19. The Kier molecular flexibility index (Phi) is 3.20. The normalized spacial score (nSPS) is 19.2. The van der Waals surface area contributed by atoms with E-state index in [1.165, 1.54) is 12.8 Å². The predicted molar refractivity (Wildman–Crippen MR) is 64.7 cm³/mol. The molecule has 2 nitrogen and oxygen atoms in total. The summed E-state index contributed by atoms with van der Waals surface area (Å²) >= 11 is 0. The van der Waals surface area contributed by atoms with Crippen molar-refractivity contribution in [3.63, 3.8) is 0 Å². The van der Waals surface area contributed by atoms with E-state index < -0.39 is 5.60 Å². The highest BCUT2D eigenvalue weighted by atomic mass is 16.5. The van der Waals surface area contributed by atoms with Crippen LogP contribution in [0.3, 0.4) is 0 Å². The van der Waals surface area contributed by atoms with E-state index in [0.29, 0.717) is 6.42 Å². The molecule has 1 aliphatic carbocycles. The lowest BCUT2D eigenvalue weighted by atomic mass is 9.91. The summed E-state index contributed by atoms with van der Waals surface area (Å²) in [4.78, 5) is 0. The van der Waals surface area contributed by atoms with Crippen molar-refractivity contribution in [1.29, 1.82) is 0 Å². The van der Waals surface area contributed by atoms with Gasteiger partial charge in [-0.3, -0.25) is 0 Å². The molecular weight excluding hydrogens is 200 g/mol. The van der Waals surface area contributed by atoms with Crippen LogP contribution in [0.1, 0.15) is 31.7 Å². The molecule has 0 heterocycles. The summed E-state index contributed by atoms with van der Waals surface area (Å²) in [6.07, 6.45) is 4.14. The van der Waals surface area contributed by atoms with Gasteiger partial charge >= 0.3 is 0 Å². The van der Waals surface area contributed by atoms with E-state index in [-0.39, 0.29) is 0 Å². The maximum Gasteiger partial charge on any atom is 0.122 e. The van der Waals surface area contributed by atoms with Crippen molar-refractivity contribution in [2.75, 3.05) is 7.11 Å². The van der Waals surface area contributed by atoms with Crippen LogP contribution in [-0.4, -0.2) is 17.8 Å². The van der Waals surface area contributed by atoms with Gasteiger partial charge in [-0.15, -0.1) is 0 Å². The first kappa shape index (κ1) is 11.5. The number of methoxy groups -OCH3 is 1. The zero-order chi connectivity index (χ0) is 11.6. The molecule has 2 rings (SSSR count). The summed E-state index contributed by atoms with van der Waals surface area (Å²) in [5.41, 5.74) is 0.492. The molecule has 1 saturated carbocycles. The summed E-state index contributed by atoms with van der Waals surface area (Å²) in [6, 6.07) is 7.92. The van der Waals surface area contributed by atoms with Crippen molar-refractivity contribution in [2.45, 2.75) is 38.2 Å². The van der Waals surface area contributed by atoms with E-state index in [1.807, 2.05) is 31.2 Å². The van der Waals surface area contributed by atoms with Gasteiger partial charge in [-0.2, -0.15) is 0 Å². The largest absolute Gasteiger partial charge is 0.496 e. The number of para-hydroxylation sites is 1. The lowest BCUT2D eigenvalue weighted by Gasteiger charge is -2.24. The molecular formula is C14H20O2. The van der Waals surface area contributed by atoms with Gasteiger partial charge in [0, 0.05) is 6.42 Å². The van der Waals surface area contributed by atoms with Gasteiger partial charge in [0.2, 0.25) is 0 Å². The molecule has 1 aromatic carbocycles. The maximum atomic E-state index is 10.3. The number of hydrogen-bond donors (Lipinski definition) is 1. The van der Waals surface area contributed by atoms with E-state index in [9.17, 15) is 5.11 Å². The summed E-state index contributed by atoms with van der Waals surface area (Å²) in [6.45, 7) is 1.93. The molecule has 16 heavy (non-hydrogen) atoms. The van der Waals surface area contributed by atoms with E-state index in [2.05, 4.69) is 0 Å². The molecule has 1 N–H and O–H groups in total. The van der Waals surface area contributed by atoms with E-state index in [0.717, 1.165) is 23.7 Å². The van der Waals surface area contributed by atoms with Crippen LogP contribution < -0.4 is 4.74 Å². The van der Waals surface area contributed by atoms with Crippen LogP contribution in [0.2, 0.25) is 0 Å². The number of hydrogen-bond acceptors (Lipinski definition) is 2. The Morgan fingerprint density at radius 3 is 2.69 bits per heavy atom. The Hall–Kier alpha value is -1.02. The minimum atomic E-state index is -0.601. The van der Waals surface area contributed by atoms with Gasteiger partial charge in [0.25, 0.3) is 0 Å². The molecule has 0 aliphatic heterocycles. The Morgan fingerprint density at radius 1 is 1.38 bits per heavy atom. The average molecular weight is 220 g/mol. The van der Waals surface area contributed by atoms with E-state index in [4.69, 9.17) is 4.74 Å². The lowest BCUT2D eigenvalue weighted by molar-refractivity contribution is 0.0449. The molecule has 0 saturated heterocycles. The highest BCUT2D eigenvalue weighted by Gasteiger charge is 2.32. The smallest absolute Gasteiger partial charge is 0.122 e. The molecule has 0 radical (unpaired) electrons. The fourth-order valence-electron chi connectivity index (χ4n) is 2.28. The highest BCUT2D eigenvalue weighted by molar-refractivity contribution is 5.34. The van der Waals surface area contributed by atoms with Crippen molar-refractivity contribution in [1.82, 2.24) is 0 Å². The summed E-state index contributed by atoms with van der Waals surface area (Å²) in [5.74, 6) is 1.61. The zero-order valence-electron chi connectivity index (χ0n) is 10.1. The lowest BCUT2D eigenvalue weighted by Crippen LogP contribution is -2.28. The standard InChI is InChI=1S/C14H20O2/c1-14(15,9-11-7-8-11)10-12-5-3-4-6-13(12)16-2/h3-6,11,15H,7-10H2,1-2H3. The van der Waals surface area contributed by atoms with Crippen molar-refractivity contribution in [3.05, 3.63) is 29.8 Å². The highest BCUT2D eigenvalue weighted by Crippen LogP contribution is 2.38. The fourth-order valence-corrected chi connectivity index (χ4v) is 2.28. The average Bonchev–Trinajstić information content (AvgIpc) is 3.01. The number of rotatable bonds is 5. The molecule has 0 spiro atoms. The first-order chi connectivity index (χ1) is 7.61. The third kappa shape index (κ3) is 2.99. The summed E-state index contributed by atoms with van der Waals surface area (Å²) in [7, 11) is 1.68. The van der Waals surface area contributed by atoms with Crippen LogP contribution in [0.5, 0.6) is 5.75 Å². The Labute approximate surface area is 97.3 Å². The number of aliphatic hydroxyl groups is 1. The minimum Gasteiger partial charge on any atom is -0.496 e. The zero-order valence-corrected chi connectivity index (χ0v) is 10.1. The van der Waals surface area contributed by atoms with Gasteiger partial charge in [-0.05, 0) is 30.9 Å². The molecule has 0 bridgehead atoms. The predicted octanol–water partition coefficient (Wildman–Crippen LogP) is 2.79. The van der Waals surface area contributed by atoms with Crippen molar-refractivity contribution in [2.24, 2.45) is 5.92 Å². The van der Waals surface area contributed by atoms with E-state index in [1.54, 1.807) is 7.11 Å². The van der Waals surface area contributed by atoms with Gasteiger partial charge < -0.3 is 9.84 Å². The Bertz CT molecular complexity index is 354. The molecule has 1 atom stereocenters. The Balaban J connectivity index is 2.06. The fraction of sp³-hybridized carbons (Fsp3) is 0.571. The first-order valence-corrected chi connectivity index (χ1v) is 5.95.